The molecule has 0 aromatic carbocycles. The number of rotatable bonds is 5. The first-order valence-corrected chi connectivity index (χ1v) is 8.34. The van der Waals surface area contributed by atoms with Crippen molar-refractivity contribution in [2.24, 2.45) is 0 Å². The zero-order chi connectivity index (χ0) is 13.1. The van der Waals surface area contributed by atoms with Crippen LogP contribution in [0.5, 0.6) is 0 Å². The molecule has 1 aliphatic heterocycles. The topological polar surface area (TPSA) is 32.3 Å². The highest BCUT2D eigenvalue weighted by Crippen LogP contribution is 2.34. The molecule has 1 N–H and O–H groups in total. The van der Waals surface area contributed by atoms with Crippen LogP contribution >= 0.6 is 11.8 Å². The van der Waals surface area contributed by atoms with E-state index in [-0.39, 0.29) is 6.04 Å². The third-order valence-corrected chi connectivity index (χ3v) is 5.21. The maximum Gasteiger partial charge on any atom is 0.240 e. The summed E-state index contributed by atoms with van der Waals surface area (Å²) in [5, 5.41) is 4.17. The van der Waals surface area contributed by atoms with Crippen LogP contribution in [0.25, 0.3) is 0 Å². The highest BCUT2D eigenvalue weighted by Gasteiger charge is 2.38. The number of thioether (sulfide) groups is 1. The van der Waals surface area contributed by atoms with Crippen LogP contribution in [0.15, 0.2) is 0 Å². The molecule has 2 rings (SSSR count). The molecule has 3 unspecified atom stereocenters. The monoisotopic (exact) mass is 270 g/mol. The minimum Gasteiger partial charge on any atom is -0.338 e. The van der Waals surface area contributed by atoms with Crippen LogP contribution in [0.3, 0.4) is 0 Å². The van der Waals surface area contributed by atoms with Crippen molar-refractivity contribution in [3.05, 3.63) is 0 Å². The van der Waals surface area contributed by atoms with Gasteiger partial charge in [-0.3, -0.25) is 4.79 Å². The fourth-order valence-corrected chi connectivity index (χ4v) is 4.34. The number of hydrogen-bond donors (Lipinski definition) is 1. The summed E-state index contributed by atoms with van der Waals surface area (Å²) in [7, 11) is 0. The Balaban J connectivity index is 1.86. The fraction of sp³-hybridized carbons (Fsp3) is 0.929. The summed E-state index contributed by atoms with van der Waals surface area (Å²) in [5.74, 6) is 1.54. The second-order valence-electron chi connectivity index (χ2n) is 5.74. The smallest absolute Gasteiger partial charge is 0.240 e. The molecule has 1 heterocycles. The van der Waals surface area contributed by atoms with Gasteiger partial charge in [0, 0.05) is 23.9 Å². The second-order valence-corrected chi connectivity index (χ2v) is 7.32. The Labute approximate surface area is 115 Å². The molecule has 2 aliphatic rings. The van der Waals surface area contributed by atoms with E-state index in [0.29, 0.717) is 18.0 Å². The maximum atomic E-state index is 12.3. The number of nitrogens with zero attached hydrogens (tertiary/aromatic N) is 1. The van der Waals surface area contributed by atoms with Gasteiger partial charge >= 0.3 is 0 Å². The maximum absolute atomic E-state index is 12.3. The van der Waals surface area contributed by atoms with E-state index in [1.807, 2.05) is 0 Å². The van der Waals surface area contributed by atoms with Gasteiger partial charge in [-0.25, -0.2) is 0 Å². The van der Waals surface area contributed by atoms with Gasteiger partial charge in [0.15, 0.2) is 0 Å². The van der Waals surface area contributed by atoms with Crippen molar-refractivity contribution in [2.75, 3.05) is 12.3 Å². The van der Waals surface area contributed by atoms with Crippen LogP contribution in [-0.2, 0) is 4.79 Å². The Bertz CT molecular complexity index is 296. The minimum absolute atomic E-state index is 0.0721. The summed E-state index contributed by atoms with van der Waals surface area (Å²) in [6, 6.07) is 0.981. The molecular weight excluding hydrogens is 244 g/mol. The van der Waals surface area contributed by atoms with E-state index >= 15 is 0 Å². The van der Waals surface area contributed by atoms with Crippen molar-refractivity contribution in [2.45, 2.75) is 69.8 Å². The number of nitrogens with one attached hydrogen (secondary N) is 1. The van der Waals surface area contributed by atoms with Gasteiger partial charge < -0.3 is 10.2 Å². The van der Waals surface area contributed by atoms with E-state index in [4.69, 9.17) is 0 Å². The summed E-state index contributed by atoms with van der Waals surface area (Å²) in [6.07, 6.45) is 4.69. The van der Waals surface area contributed by atoms with E-state index < -0.39 is 0 Å². The molecule has 0 aromatic rings. The lowest BCUT2D eigenvalue weighted by atomic mass is 10.2. The molecule has 18 heavy (non-hydrogen) atoms. The van der Waals surface area contributed by atoms with E-state index in [1.165, 1.54) is 25.0 Å². The van der Waals surface area contributed by atoms with Gasteiger partial charge in [-0.15, -0.1) is 0 Å². The van der Waals surface area contributed by atoms with Crippen molar-refractivity contribution in [3.8, 4) is 0 Å². The van der Waals surface area contributed by atoms with E-state index in [2.05, 4.69) is 42.7 Å². The van der Waals surface area contributed by atoms with Crippen LogP contribution in [-0.4, -0.2) is 46.5 Å². The number of amides is 1. The molecule has 104 valence electrons. The minimum atomic E-state index is 0.0721. The lowest BCUT2D eigenvalue weighted by Gasteiger charge is -2.25. The van der Waals surface area contributed by atoms with Gasteiger partial charge in [0.25, 0.3) is 0 Å². The molecule has 0 radical (unpaired) electrons. The number of carbonyl (C=O) groups excluding carboxylic acids is 1. The summed E-state index contributed by atoms with van der Waals surface area (Å²) in [5.41, 5.74) is 0. The second kappa shape index (κ2) is 6.29. The first-order chi connectivity index (χ1) is 8.61. The average Bonchev–Trinajstić information content (AvgIpc) is 2.88. The van der Waals surface area contributed by atoms with Crippen LogP contribution in [0.4, 0.5) is 0 Å². The van der Waals surface area contributed by atoms with Crippen LogP contribution < -0.4 is 5.32 Å². The summed E-state index contributed by atoms with van der Waals surface area (Å²) in [4.78, 5) is 14.5. The lowest BCUT2D eigenvalue weighted by molar-refractivity contribution is -0.131. The molecule has 0 spiro atoms. The van der Waals surface area contributed by atoms with Crippen LogP contribution in [0.2, 0.25) is 0 Å². The first kappa shape index (κ1) is 14.2. The largest absolute Gasteiger partial charge is 0.338 e. The van der Waals surface area contributed by atoms with Crippen LogP contribution in [0.1, 0.15) is 46.5 Å². The van der Waals surface area contributed by atoms with Gasteiger partial charge in [0.1, 0.15) is 0 Å². The zero-order valence-corrected chi connectivity index (χ0v) is 12.6. The average molecular weight is 270 g/mol. The SMILES string of the molecule is CCSC1CCC(N2CCC(NC(C)C)C2=O)C1. The summed E-state index contributed by atoms with van der Waals surface area (Å²) in [6.45, 7) is 7.40. The highest BCUT2D eigenvalue weighted by atomic mass is 32.2. The number of likely N-dealkylation sites (tertiary alicyclic amines) is 1. The third-order valence-electron chi connectivity index (χ3n) is 3.97. The van der Waals surface area contributed by atoms with Crippen molar-refractivity contribution in [1.29, 1.82) is 0 Å². The molecule has 2 fully saturated rings. The summed E-state index contributed by atoms with van der Waals surface area (Å²) < 4.78 is 0. The predicted molar refractivity (Wildman–Crippen MR) is 77.9 cm³/mol. The molecule has 1 aliphatic carbocycles. The lowest BCUT2D eigenvalue weighted by Crippen LogP contribution is -2.44. The fourth-order valence-electron chi connectivity index (χ4n) is 3.21. The van der Waals surface area contributed by atoms with Gasteiger partial charge in [-0.1, -0.05) is 20.8 Å². The molecule has 4 heteroatoms. The Morgan fingerprint density at radius 2 is 2.17 bits per heavy atom. The van der Waals surface area contributed by atoms with Crippen molar-refractivity contribution in [3.63, 3.8) is 0 Å². The van der Waals surface area contributed by atoms with E-state index in [9.17, 15) is 4.79 Å². The quantitative estimate of drug-likeness (QED) is 0.832. The van der Waals surface area contributed by atoms with Gasteiger partial charge in [0.05, 0.1) is 6.04 Å². The highest BCUT2D eigenvalue weighted by molar-refractivity contribution is 7.99. The van der Waals surface area contributed by atoms with Gasteiger partial charge in [0.2, 0.25) is 5.91 Å². The number of carbonyl (C=O) groups is 1. The molecule has 0 bridgehead atoms. The Morgan fingerprint density at radius 1 is 1.39 bits per heavy atom. The predicted octanol–water partition coefficient (Wildman–Crippen LogP) is 2.26. The normalized spacial score (nSPS) is 32.8. The Hall–Kier alpha value is -0.220. The molecule has 1 saturated heterocycles. The van der Waals surface area contributed by atoms with Crippen LogP contribution in [0, 0.1) is 0 Å². The van der Waals surface area contributed by atoms with Gasteiger partial charge in [-0.2, -0.15) is 11.8 Å². The van der Waals surface area contributed by atoms with E-state index in [1.54, 1.807) is 0 Å². The molecule has 1 amide bonds. The first-order valence-electron chi connectivity index (χ1n) is 7.30. The zero-order valence-electron chi connectivity index (χ0n) is 11.8. The summed E-state index contributed by atoms with van der Waals surface area (Å²) >= 11 is 2.06. The standard InChI is InChI=1S/C14H26N2OS/c1-4-18-12-6-5-11(9-12)16-8-7-13(14(16)17)15-10(2)3/h10-13,15H,4-9H2,1-3H3. The molecule has 0 aromatic heterocycles. The van der Waals surface area contributed by atoms with E-state index in [0.717, 1.165) is 18.2 Å². The Morgan fingerprint density at radius 3 is 2.83 bits per heavy atom. The van der Waals surface area contributed by atoms with Gasteiger partial charge in [-0.05, 0) is 31.4 Å². The molecule has 3 atom stereocenters. The molecule has 3 nitrogen and oxygen atoms in total. The third kappa shape index (κ3) is 3.21. The molecule has 1 saturated carbocycles. The number of hydrogen-bond acceptors (Lipinski definition) is 3. The van der Waals surface area contributed by atoms with Crippen molar-refractivity contribution in [1.82, 2.24) is 10.2 Å². The van der Waals surface area contributed by atoms with Crippen molar-refractivity contribution < 1.29 is 4.79 Å². The van der Waals surface area contributed by atoms with Crippen molar-refractivity contribution >= 4 is 17.7 Å². The molecular formula is C14H26N2OS. The Kier molecular flexibility index (Phi) is 4.96.